The van der Waals surface area contributed by atoms with E-state index in [0.717, 1.165) is 12.8 Å². The summed E-state index contributed by atoms with van der Waals surface area (Å²) in [5.41, 5.74) is 2.66. The minimum absolute atomic E-state index is 0.925. The van der Waals surface area contributed by atoms with Gasteiger partial charge in [0.25, 0.3) is 0 Å². The van der Waals surface area contributed by atoms with E-state index in [1.807, 2.05) is 12.2 Å². The van der Waals surface area contributed by atoms with Crippen LogP contribution >= 0.6 is 0 Å². The molecule has 2 rings (SSSR count). The molecule has 0 saturated heterocycles. The van der Waals surface area contributed by atoms with E-state index < -0.39 is 0 Å². The number of allylic oxidation sites excluding steroid dienone is 2. The van der Waals surface area contributed by atoms with Crippen LogP contribution in [0.5, 0.6) is 0 Å². The highest BCUT2D eigenvalue weighted by atomic mass is 14.0. The molecule has 0 aliphatic heterocycles. The molecule has 0 heterocycles. The number of hydrogen-bond acceptors (Lipinski definition) is 0. The highest BCUT2D eigenvalue weighted by Gasteiger charge is 2.00. The van der Waals surface area contributed by atoms with Crippen molar-refractivity contribution < 1.29 is 0 Å². The molecular weight excluding hydrogens is 192 g/mol. The van der Waals surface area contributed by atoms with E-state index >= 15 is 0 Å². The Hall–Kier alpha value is -1.82. The molecule has 0 amide bonds. The Morgan fingerprint density at radius 3 is 2.50 bits per heavy atom. The zero-order chi connectivity index (χ0) is 11.4. The van der Waals surface area contributed by atoms with Crippen molar-refractivity contribution >= 4 is 10.8 Å². The van der Waals surface area contributed by atoms with Crippen molar-refractivity contribution in [2.45, 2.75) is 12.8 Å². The first-order valence-corrected chi connectivity index (χ1v) is 5.57. The minimum Gasteiger partial charge on any atom is -0.103 e. The molecule has 16 heavy (non-hydrogen) atoms. The molecule has 0 heteroatoms. The molecular formula is C16H16. The van der Waals surface area contributed by atoms with E-state index in [1.54, 1.807) is 0 Å². The quantitative estimate of drug-likeness (QED) is 0.657. The number of rotatable bonds is 4. The molecule has 2 aromatic carbocycles. The third-order valence-electron chi connectivity index (χ3n) is 2.78. The van der Waals surface area contributed by atoms with Crippen molar-refractivity contribution in [2.24, 2.45) is 0 Å². The van der Waals surface area contributed by atoms with Crippen molar-refractivity contribution in [1.82, 2.24) is 0 Å². The lowest BCUT2D eigenvalue weighted by molar-refractivity contribution is 1.27. The monoisotopic (exact) mass is 208 g/mol. The third kappa shape index (κ3) is 2.06. The van der Waals surface area contributed by atoms with Gasteiger partial charge in [-0.15, -0.1) is 13.2 Å². The molecule has 0 aromatic heterocycles. The van der Waals surface area contributed by atoms with Crippen molar-refractivity contribution in [3.05, 3.63) is 72.8 Å². The van der Waals surface area contributed by atoms with E-state index in [2.05, 4.69) is 49.6 Å². The lowest BCUT2D eigenvalue weighted by atomic mass is 9.99. The largest absolute Gasteiger partial charge is 0.103 e. The summed E-state index contributed by atoms with van der Waals surface area (Å²) in [5, 5.41) is 2.63. The third-order valence-corrected chi connectivity index (χ3v) is 2.78. The Labute approximate surface area is 96.9 Å². The zero-order valence-corrected chi connectivity index (χ0v) is 9.45. The Balaban J connectivity index is 2.58. The summed E-state index contributed by atoms with van der Waals surface area (Å²) in [6.45, 7) is 7.58. The molecule has 0 fully saturated rings. The van der Waals surface area contributed by atoms with Crippen LogP contribution in [0.2, 0.25) is 0 Å². The van der Waals surface area contributed by atoms with Gasteiger partial charge in [0, 0.05) is 0 Å². The van der Waals surface area contributed by atoms with Gasteiger partial charge in [0.1, 0.15) is 0 Å². The van der Waals surface area contributed by atoms with Gasteiger partial charge in [0.2, 0.25) is 0 Å². The first-order chi connectivity index (χ1) is 7.85. The van der Waals surface area contributed by atoms with Crippen LogP contribution in [0.25, 0.3) is 10.8 Å². The Kier molecular flexibility index (Phi) is 3.21. The molecule has 0 nitrogen and oxygen atoms in total. The summed E-state index contributed by atoms with van der Waals surface area (Å²) in [4.78, 5) is 0. The van der Waals surface area contributed by atoms with Crippen LogP contribution in [0.15, 0.2) is 61.7 Å². The summed E-state index contributed by atoms with van der Waals surface area (Å²) in [5.74, 6) is 0. The van der Waals surface area contributed by atoms with Gasteiger partial charge in [-0.1, -0.05) is 48.6 Å². The van der Waals surface area contributed by atoms with E-state index in [-0.39, 0.29) is 0 Å². The van der Waals surface area contributed by atoms with Gasteiger partial charge in [-0.3, -0.25) is 0 Å². The van der Waals surface area contributed by atoms with Crippen molar-refractivity contribution in [3.63, 3.8) is 0 Å². The summed E-state index contributed by atoms with van der Waals surface area (Å²) in [6.07, 6.45) is 5.75. The van der Waals surface area contributed by atoms with Gasteiger partial charge in [0.05, 0.1) is 0 Å². The molecule has 0 bridgehead atoms. The predicted molar refractivity (Wildman–Crippen MR) is 71.8 cm³/mol. The standard InChI is InChI=1S/C16H16/c1-3-6-13-10-11-15-9-5-8-14(7-4-2)16(15)12-13/h3-5,8-12H,1-2,6-7H2. The van der Waals surface area contributed by atoms with Gasteiger partial charge in [-0.2, -0.15) is 0 Å². The summed E-state index contributed by atoms with van der Waals surface area (Å²) < 4.78 is 0. The summed E-state index contributed by atoms with van der Waals surface area (Å²) in [6, 6.07) is 13.0. The molecule has 0 aliphatic rings. The van der Waals surface area contributed by atoms with Crippen LogP contribution in [0, 0.1) is 0 Å². The normalized spacial score (nSPS) is 10.2. The second-order valence-electron chi connectivity index (χ2n) is 3.96. The van der Waals surface area contributed by atoms with Crippen molar-refractivity contribution in [3.8, 4) is 0 Å². The second-order valence-corrected chi connectivity index (χ2v) is 3.96. The minimum atomic E-state index is 0.925. The van der Waals surface area contributed by atoms with Gasteiger partial charge in [-0.25, -0.2) is 0 Å². The van der Waals surface area contributed by atoms with Crippen LogP contribution < -0.4 is 0 Å². The molecule has 0 N–H and O–H groups in total. The van der Waals surface area contributed by atoms with Crippen LogP contribution in [0.3, 0.4) is 0 Å². The fraction of sp³-hybridized carbons (Fsp3) is 0.125. The topological polar surface area (TPSA) is 0 Å². The molecule has 80 valence electrons. The van der Waals surface area contributed by atoms with Gasteiger partial charge in [-0.05, 0) is 34.7 Å². The molecule has 0 unspecified atom stereocenters. The second kappa shape index (κ2) is 4.80. The number of hydrogen-bond donors (Lipinski definition) is 0. The number of benzene rings is 2. The fourth-order valence-electron chi connectivity index (χ4n) is 2.01. The van der Waals surface area contributed by atoms with E-state index in [9.17, 15) is 0 Å². The zero-order valence-electron chi connectivity index (χ0n) is 9.45. The Morgan fingerprint density at radius 1 is 0.938 bits per heavy atom. The van der Waals surface area contributed by atoms with E-state index in [1.165, 1.54) is 21.9 Å². The fourth-order valence-corrected chi connectivity index (χ4v) is 2.01. The predicted octanol–water partition coefficient (Wildman–Crippen LogP) is 4.30. The van der Waals surface area contributed by atoms with Crippen LogP contribution in [0.4, 0.5) is 0 Å². The maximum atomic E-state index is 3.81. The summed E-state index contributed by atoms with van der Waals surface area (Å²) in [7, 11) is 0. The lowest BCUT2D eigenvalue weighted by Crippen LogP contribution is -1.87. The van der Waals surface area contributed by atoms with Crippen molar-refractivity contribution in [1.29, 1.82) is 0 Å². The Morgan fingerprint density at radius 2 is 1.75 bits per heavy atom. The highest BCUT2D eigenvalue weighted by Crippen LogP contribution is 2.21. The molecule has 0 radical (unpaired) electrons. The van der Waals surface area contributed by atoms with E-state index in [0.29, 0.717) is 0 Å². The molecule has 0 aliphatic carbocycles. The van der Waals surface area contributed by atoms with Gasteiger partial charge in [0.15, 0.2) is 0 Å². The average Bonchev–Trinajstić information content (AvgIpc) is 2.31. The van der Waals surface area contributed by atoms with Crippen LogP contribution in [0.1, 0.15) is 11.1 Å². The summed E-state index contributed by atoms with van der Waals surface area (Å²) >= 11 is 0. The first-order valence-electron chi connectivity index (χ1n) is 5.57. The molecule has 0 saturated carbocycles. The van der Waals surface area contributed by atoms with Crippen molar-refractivity contribution in [2.75, 3.05) is 0 Å². The maximum Gasteiger partial charge on any atom is -0.00940 e. The Bertz CT molecular complexity index is 521. The molecule has 0 atom stereocenters. The number of fused-ring (bicyclic) bond motifs is 1. The lowest BCUT2D eigenvalue weighted by Gasteiger charge is -2.06. The molecule has 2 aromatic rings. The molecule has 0 spiro atoms. The van der Waals surface area contributed by atoms with E-state index in [4.69, 9.17) is 0 Å². The average molecular weight is 208 g/mol. The SMILES string of the molecule is C=CCc1ccc2cccc(CC=C)c2c1. The highest BCUT2D eigenvalue weighted by molar-refractivity contribution is 5.86. The van der Waals surface area contributed by atoms with Gasteiger partial charge >= 0.3 is 0 Å². The first kappa shape index (κ1) is 10.7. The van der Waals surface area contributed by atoms with Gasteiger partial charge < -0.3 is 0 Å². The van der Waals surface area contributed by atoms with Crippen LogP contribution in [-0.4, -0.2) is 0 Å². The van der Waals surface area contributed by atoms with Crippen LogP contribution in [-0.2, 0) is 12.8 Å². The smallest absolute Gasteiger partial charge is 0.00940 e. The maximum absolute atomic E-state index is 3.81.